The maximum atomic E-state index is 8.25. The van der Waals surface area contributed by atoms with E-state index in [1.54, 1.807) is 11.9 Å². The van der Waals surface area contributed by atoms with Crippen molar-refractivity contribution in [3.63, 3.8) is 0 Å². The second-order valence-corrected chi connectivity index (χ2v) is 1.71. The van der Waals surface area contributed by atoms with Crippen molar-refractivity contribution in [2.24, 2.45) is 10.1 Å². The van der Waals surface area contributed by atoms with Gasteiger partial charge in [-0.2, -0.15) is 0 Å². The summed E-state index contributed by atoms with van der Waals surface area (Å²) in [5.41, 5.74) is 0.725. The van der Waals surface area contributed by atoms with Crippen LogP contribution < -0.4 is 0 Å². The Morgan fingerprint density at radius 3 is 2.78 bits per heavy atom. The van der Waals surface area contributed by atoms with Crippen LogP contribution >= 0.6 is 0 Å². The van der Waals surface area contributed by atoms with E-state index in [-0.39, 0.29) is 5.96 Å². The van der Waals surface area contributed by atoms with E-state index in [1.165, 1.54) is 6.21 Å². The first-order valence-electron chi connectivity index (χ1n) is 2.44. The third-order valence-electron chi connectivity index (χ3n) is 1.15. The molecule has 1 rings (SSSR count). The Hall–Kier alpha value is -1.32. The lowest BCUT2D eigenvalue weighted by molar-refractivity contribution is 0.311. The van der Waals surface area contributed by atoms with E-state index in [0.29, 0.717) is 0 Å². The summed E-state index contributed by atoms with van der Waals surface area (Å²) in [6.45, 7) is 3.62. The molecule has 9 heavy (non-hydrogen) atoms. The van der Waals surface area contributed by atoms with Gasteiger partial charge in [-0.25, -0.2) is 4.99 Å². The summed E-state index contributed by atoms with van der Waals surface area (Å²) in [6, 6.07) is 0. The summed E-state index contributed by atoms with van der Waals surface area (Å²) in [5, 5.41) is 11.1. The van der Waals surface area contributed by atoms with Crippen molar-refractivity contribution in [1.29, 1.82) is 0 Å². The van der Waals surface area contributed by atoms with Crippen molar-refractivity contribution in [1.82, 2.24) is 4.90 Å². The predicted molar refractivity (Wildman–Crippen MR) is 34.6 cm³/mol. The molecule has 1 heterocycles. The van der Waals surface area contributed by atoms with Gasteiger partial charge in [0.05, 0.1) is 11.9 Å². The van der Waals surface area contributed by atoms with E-state index in [0.717, 1.165) is 5.70 Å². The molecule has 0 amide bonds. The molecule has 1 N–H and O–H groups in total. The van der Waals surface area contributed by atoms with Crippen LogP contribution in [0.25, 0.3) is 0 Å². The fourth-order valence-electron chi connectivity index (χ4n) is 0.527. The third-order valence-corrected chi connectivity index (χ3v) is 1.15. The minimum absolute atomic E-state index is 0.278. The standard InChI is InChI=1S/C5H7N3O/c1-4-3-6-5(7-9)8(4)2/h3,9H,1H2,2H3/b7-5-. The van der Waals surface area contributed by atoms with Gasteiger partial charge in [0.15, 0.2) is 0 Å². The van der Waals surface area contributed by atoms with Gasteiger partial charge in [0.2, 0.25) is 0 Å². The molecule has 0 atom stereocenters. The number of hydrogen-bond donors (Lipinski definition) is 1. The molecule has 0 fully saturated rings. The molecule has 0 saturated heterocycles. The molecule has 0 saturated carbocycles. The summed E-state index contributed by atoms with van der Waals surface area (Å²) >= 11 is 0. The lowest BCUT2D eigenvalue weighted by Crippen LogP contribution is -2.17. The van der Waals surface area contributed by atoms with Crippen molar-refractivity contribution in [3.8, 4) is 0 Å². The van der Waals surface area contributed by atoms with Crippen molar-refractivity contribution in [2.45, 2.75) is 0 Å². The Balaban J connectivity index is 2.86. The van der Waals surface area contributed by atoms with Crippen LogP contribution in [0.15, 0.2) is 22.4 Å². The fraction of sp³-hybridized carbons (Fsp3) is 0.200. The molecule has 4 nitrogen and oxygen atoms in total. The molecule has 48 valence electrons. The van der Waals surface area contributed by atoms with Gasteiger partial charge in [0, 0.05) is 7.05 Å². The first kappa shape index (κ1) is 5.81. The van der Waals surface area contributed by atoms with Gasteiger partial charge in [0.1, 0.15) is 0 Å². The van der Waals surface area contributed by atoms with Crippen LogP contribution in [0.2, 0.25) is 0 Å². The second-order valence-electron chi connectivity index (χ2n) is 1.71. The van der Waals surface area contributed by atoms with Crippen LogP contribution in [-0.4, -0.2) is 29.3 Å². The number of hydrogen-bond acceptors (Lipinski definition) is 2. The molecule has 0 radical (unpaired) electrons. The Labute approximate surface area is 52.8 Å². The van der Waals surface area contributed by atoms with E-state index in [4.69, 9.17) is 5.21 Å². The zero-order chi connectivity index (χ0) is 6.85. The average Bonchev–Trinajstić information content (AvgIpc) is 2.15. The highest BCUT2D eigenvalue weighted by atomic mass is 16.4. The summed E-state index contributed by atoms with van der Waals surface area (Å²) < 4.78 is 0. The minimum atomic E-state index is 0.278. The summed E-state index contributed by atoms with van der Waals surface area (Å²) in [5.74, 6) is 0.278. The number of aliphatic imine (C=N–C) groups is 1. The van der Waals surface area contributed by atoms with Crippen LogP contribution in [0, 0.1) is 0 Å². The molecule has 4 heteroatoms. The zero-order valence-corrected chi connectivity index (χ0v) is 5.07. The Bertz CT molecular complexity index is 194. The van der Waals surface area contributed by atoms with Gasteiger partial charge in [0.25, 0.3) is 5.96 Å². The number of rotatable bonds is 0. The van der Waals surface area contributed by atoms with E-state index in [9.17, 15) is 0 Å². The van der Waals surface area contributed by atoms with Crippen LogP contribution in [0.3, 0.4) is 0 Å². The monoisotopic (exact) mass is 125 g/mol. The first-order chi connectivity index (χ1) is 4.25. The van der Waals surface area contributed by atoms with Crippen LogP contribution in [0.1, 0.15) is 0 Å². The third kappa shape index (κ3) is 0.782. The highest BCUT2D eigenvalue weighted by Crippen LogP contribution is 2.04. The van der Waals surface area contributed by atoms with Gasteiger partial charge >= 0.3 is 0 Å². The summed E-state index contributed by atoms with van der Waals surface area (Å²) in [7, 11) is 1.73. The molecule has 0 spiro atoms. The lowest BCUT2D eigenvalue weighted by atomic mass is 10.5. The second kappa shape index (κ2) is 1.89. The molecule has 0 unspecified atom stereocenters. The van der Waals surface area contributed by atoms with Crippen molar-refractivity contribution in [3.05, 3.63) is 12.3 Å². The van der Waals surface area contributed by atoms with Crippen molar-refractivity contribution >= 4 is 12.2 Å². The molecule has 0 aromatic carbocycles. The van der Waals surface area contributed by atoms with Crippen LogP contribution in [0.5, 0.6) is 0 Å². The maximum Gasteiger partial charge on any atom is 0.266 e. The average molecular weight is 125 g/mol. The lowest BCUT2D eigenvalue weighted by Gasteiger charge is -2.07. The molecule has 1 aliphatic heterocycles. The van der Waals surface area contributed by atoms with Gasteiger partial charge in [-0.05, 0) is 5.16 Å². The Morgan fingerprint density at radius 2 is 2.56 bits per heavy atom. The highest BCUT2D eigenvalue weighted by molar-refractivity contribution is 6.01. The fourth-order valence-corrected chi connectivity index (χ4v) is 0.527. The van der Waals surface area contributed by atoms with E-state index in [1.807, 2.05) is 0 Å². The van der Waals surface area contributed by atoms with E-state index in [2.05, 4.69) is 16.7 Å². The Morgan fingerprint density at radius 1 is 1.89 bits per heavy atom. The van der Waals surface area contributed by atoms with Crippen LogP contribution in [0.4, 0.5) is 0 Å². The molecular weight excluding hydrogens is 118 g/mol. The van der Waals surface area contributed by atoms with Gasteiger partial charge < -0.3 is 10.1 Å². The van der Waals surface area contributed by atoms with E-state index >= 15 is 0 Å². The van der Waals surface area contributed by atoms with Crippen molar-refractivity contribution in [2.75, 3.05) is 7.05 Å². The van der Waals surface area contributed by atoms with Crippen molar-refractivity contribution < 1.29 is 5.21 Å². The number of nitrogens with zero attached hydrogens (tertiary/aromatic N) is 3. The topological polar surface area (TPSA) is 48.2 Å². The maximum absolute atomic E-state index is 8.25. The van der Waals surface area contributed by atoms with Gasteiger partial charge in [-0.1, -0.05) is 6.58 Å². The highest BCUT2D eigenvalue weighted by Gasteiger charge is 2.12. The minimum Gasteiger partial charge on any atom is -0.408 e. The number of guanidine groups is 1. The molecular formula is C5H7N3O. The van der Waals surface area contributed by atoms with Gasteiger partial charge in [-0.15, -0.1) is 0 Å². The predicted octanol–water partition coefficient (Wildman–Crippen LogP) is 0.262. The van der Waals surface area contributed by atoms with Gasteiger partial charge in [-0.3, -0.25) is 0 Å². The normalized spacial score (nSPS) is 22.1. The molecule has 1 aliphatic rings. The zero-order valence-electron chi connectivity index (χ0n) is 5.07. The van der Waals surface area contributed by atoms with Crippen LogP contribution in [-0.2, 0) is 0 Å². The summed E-state index contributed by atoms with van der Waals surface area (Å²) in [4.78, 5) is 5.30. The number of oxime groups is 1. The first-order valence-corrected chi connectivity index (χ1v) is 2.44. The number of allylic oxidation sites excluding steroid dienone is 1. The molecule has 0 bridgehead atoms. The molecule has 0 aliphatic carbocycles. The summed E-state index contributed by atoms with van der Waals surface area (Å²) in [6.07, 6.45) is 1.54. The molecule has 0 aromatic rings. The van der Waals surface area contributed by atoms with E-state index < -0.39 is 0 Å². The smallest absolute Gasteiger partial charge is 0.266 e. The SMILES string of the molecule is C=C1C=N/C(=N/O)N1C. The quantitative estimate of drug-likeness (QED) is 0.373. The molecule has 0 aromatic heterocycles. The Kier molecular flexibility index (Phi) is 1.22. The largest absolute Gasteiger partial charge is 0.408 e.